The number of carboxylic acid groups (broad SMARTS) is 1. The Morgan fingerprint density at radius 3 is 2.30 bits per heavy atom. The Labute approximate surface area is 168 Å². The molecular formula is C21H31ClN2O3. The van der Waals surface area contributed by atoms with Crippen LogP contribution in [0.3, 0.4) is 0 Å². The third-order valence-corrected chi connectivity index (χ3v) is 5.52. The number of piperidine rings is 1. The Hall–Kier alpha value is -1.59. The van der Waals surface area contributed by atoms with Crippen LogP contribution in [0.25, 0.3) is 0 Å². The van der Waals surface area contributed by atoms with Crippen LogP contribution in [0.5, 0.6) is 0 Å². The topological polar surface area (TPSA) is 60.9 Å². The zero-order chi connectivity index (χ0) is 18.4. The SMILES string of the molecule is Cl.O=C(O)CCCCN1CCC(C(=O)N(Cc2ccccc2)C2CC2)CC1. The van der Waals surface area contributed by atoms with E-state index >= 15 is 0 Å². The molecule has 1 aliphatic heterocycles. The maximum absolute atomic E-state index is 13.1. The number of carbonyl (C=O) groups excluding carboxylic acids is 1. The molecule has 0 radical (unpaired) electrons. The maximum Gasteiger partial charge on any atom is 0.303 e. The summed E-state index contributed by atoms with van der Waals surface area (Å²) in [5.41, 5.74) is 1.21. The van der Waals surface area contributed by atoms with Gasteiger partial charge in [-0.05, 0) is 63.7 Å². The highest BCUT2D eigenvalue weighted by molar-refractivity contribution is 5.85. The van der Waals surface area contributed by atoms with E-state index in [4.69, 9.17) is 5.11 Å². The first-order chi connectivity index (χ1) is 12.6. The first-order valence-electron chi connectivity index (χ1n) is 9.92. The summed E-state index contributed by atoms with van der Waals surface area (Å²) in [5.74, 6) is -0.232. The second-order valence-electron chi connectivity index (χ2n) is 7.65. The number of nitrogens with zero attached hydrogens (tertiary/aromatic N) is 2. The standard InChI is InChI=1S/C21H30N2O3.ClH/c24-20(25)8-4-5-13-22-14-11-18(12-15-22)21(26)23(19-9-10-19)16-17-6-2-1-3-7-17;/h1-3,6-7,18-19H,4-5,8-16H2,(H,24,25);1H. The van der Waals surface area contributed by atoms with Gasteiger partial charge in [0, 0.05) is 24.9 Å². The molecule has 1 saturated carbocycles. The van der Waals surface area contributed by atoms with Crippen molar-refractivity contribution in [3.8, 4) is 0 Å². The molecule has 1 aromatic rings. The van der Waals surface area contributed by atoms with Crippen LogP contribution in [0.1, 0.15) is 50.5 Å². The lowest BCUT2D eigenvalue weighted by atomic mass is 9.94. The molecule has 150 valence electrons. The van der Waals surface area contributed by atoms with Crippen LogP contribution >= 0.6 is 12.4 Å². The Morgan fingerprint density at radius 1 is 1.04 bits per heavy atom. The number of rotatable bonds is 9. The molecule has 27 heavy (non-hydrogen) atoms. The first kappa shape index (κ1) is 21.7. The van der Waals surface area contributed by atoms with Gasteiger partial charge in [0.25, 0.3) is 0 Å². The summed E-state index contributed by atoms with van der Waals surface area (Å²) in [5, 5.41) is 8.70. The van der Waals surface area contributed by atoms with Gasteiger partial charge < -0.3 is 14.9 Å². The van der Waals surface area contributed by atoms with Crippen molar-refractivity contribution in [2.45, 2.75) is 57.5 Å². The summed E-state index contributed by atoms with van der Waals surface area (Å²) in [6.45, 7) is 3.59. The second kappa shape index (κ2) is 10.7. The van der Waals surface area contributed by atoms with Gasteiger partial charge in [0.2, 0.25) is 5.91 Å². The van der Waals surface area contributed by atoms with Crippen molar-refractivity contribution in [1.82, 2.24) is 9.80 Å². The highest BCUT2D eigenvalue weighted by Crippen LogP contribution is 2.31. The van der Waals surface area contributed by atoms with Gasteiger partial charge >= 0.3 is 5.97 Å². The second-order valence-corrected chi connectivity index (χ2v) is 7.65. The first-order valence-corrected chi connectivity index (χ1v) is 9.92. The summed E-state index contributed by atoms with van der Waals surface area (Å²) >= 11 is 0. The van der Waals surface area contributed by atoms with E-state index in [1.54, 1.807) is 0 Å². The van der Waals surface area contributed by atoms with Crippen LogP contribution < -0.4 is 0 Å². The monoisotopic (exact) mass is 394 g/mol. The van der Waals surface area contributed by atoms with E-state index in [0.717, 1.165) is 64.7 Å². The molecule has 1 aromatic carbocycles. The molecule has 5 nitrogen and oxygen atoms in total. The lowest BCUT2D eigenvalue weighted by molar-refractivity contribution is -0.139. The number of carbonyl (C=O) groups is 2. The predicted molar refractivity (Wildman–Crippen MR) is 108 cm³/mol. The number of aliphatic carboxylic acids is 1. The minimum absolute atomic E-state index is 0. The molecule has 3 rings (SSSR count). The minimum Gasteiger partial charge on any atom is -0.481 e. The zero-order valence-electron chi connectivity index (χ0n) is 15.9. The molecule has 1 saturated heterocycles. The van der Waals surface area contributed by atoms with Gasteiger partial charge in [-0.2, -0.15) is 0 Å². The summed E-state index contributed by atoms with van der Waals surface area (Å²) in [4.78, 5) is 28.1. The van der Waals surface area contributed by atoms with E-state index < -0.39 is 5.97 Å². The van der Waals surface area contributed by atoms with Crippen LogP contribution in [0.4, 0.5) is 0 Å². The quantitative estimate of drug-likeness (QED) is 0.650. The molecule has 1 heterocycles. The molecule has 0 spiro atoms. The van der Waals surface area contributed by atoms with E-state index in [0.29, 0.717) is 11.9 Å². The number of likely N-dealkylation sites (tertiary alicyclic amines) is 1. The Balaban J connectivity index is 0.00000261. The molecule has 2 aliphatic rings. The van der Waals surface area contributed by atoms with Crippen LogP contribution in [0, 0.1) is 5.92 Å². The highest BCUT2D eigenvalue weighted by atomic mass is 35.5. The summed E-state index contributed by atoms with van der Waals surface area (Å²) in [6.07, 6.45) is 6.05. The molecule has 0 unspecified atom stereocenters. The number of halogens is 1. The van der Waals surface area contributed by atoms with Crippen molar-refractivity contribution < 1.29 is 14.7 Å². The fourth-order valence-electron chi connectivity index (χ4n) is 3.80. The fourth-order valence-corrected chi connectivity index (χ4v) is 3.80. The van der Waals surface area contributed by atoms with Crippen LogP contribution in [-0.4, -0.2) is 52.5 Å². The van der Waals surface area contributed by atoms with Gasteiger partial charge in [0.1, 0.15) is 0 Å². The van der Waals surface area contributed by atoms with E-state index in [9.17, 15) is 9.59 Å². The van der Waals surface area contributed by atoms with E-state index in [2.05, 4.69) is 21.9 Å². The Kier molecular flexibility index (Phi) is 8.58. The van der Waals surface area contributed by atoms with Gasteiger partial charge in [-0.3, -0.25) is 9.59 Å². The molecule has 0 atom stereocenters. The minimum atomic E-state index is -0.715. The number of unbranched alkanes of at least 4 members (excludes halogenated alkanes) is 1. The molecule has 2 fully saturated rings. The smallest absolute Gasteiger partial charge is 0.303 e. The maximum atomic E-state index is 13.1. The molecular weight excluding hydrogens is 364 g/mol. The van der Waals surface area contributed by atoms with Crippen LogP contribution in [0.2, 0.25) is 0 Å². The third-order valence-electron chi connectivity index (χ3n) is 5.52. The summed E-state index contributed by atoms with van der Waals surface area (Å²) < 4.78 is 0. The van der Waals surface area contributed by atoms with Crippen LogP contribution in [0.15, 0.2) is 30.3 Å². The van der Waals surface area contributed by atoms with Gasteiger partial charge in [0.15, 0.2) is 0 Å². The number of amides is 1. The van der Waals surface area contributed by atoms with Crippen molar-refractivity contribution in [2.24, 2.45) is 5.92 Å². The zero-order valence-corrected chi connectivity index (χ0v) is 16.7. The van der Waals surface area contributed by atoms with E-state index in [-0.39, 0.29) is 24.7 Å². The van der Waals surface area contributed by atoms with Gasteiger partial charge in [0.05, 0.1) is 0 Å². The molecule has 1 N–H and O–H groups in total. The molecule has 6 heteroatoms. The third kappa shape index (κ3) is 6.82. The number of benzene rings is 1. The predicted octanol–water partition coefficient (Wildman–Crippen LogP) is 3.57. The van der Waals surface area contributed by atoms with Crippen molar-refractivity contribution >= 4 is 24.3 Å². The Bertz CT molecular complexity index is 599. The normalized spacial score (nSPS) is 17.9. The Morgan fingerprint density at radius 2 is 1.70 bits per heavy atom. The van der Waals surface area contributed by atoms with Gasteiger partial charge in [-0.15, -0.1) is 12.4 Å². The van der Waals surface area contributed by atoms with Crippen molar-refractivity contribution in [3.63, 3.8) is 0 Å². The average Bonchev–Trinajstić information content (AvgIpc) is 3.49. The van der Waals surface area contributed by atoms with Crippen molar-refractivity contribution in [3.05, 3.63) is 35.9 Å². The number of hydrogen-bond donors (Lipinski definition) is 1. The molecule has 1 amide bonds. The highest BCUT2D eigenvalue weighted by Gasteiger charge is 2.36. The lowest BCUT2D eigenvalue weighted by Crippen LogP contribution is -2.43. The van der Waals surface area contributed by atoms with Gasteiger partial charge in [-0.25, -0.2) is 0 Å². The van der Waals surface area contributed by atoms with Crippen molar-refractivity contribution in [1.29, 1.82) is 0 Å². The fraction of sp³-hybridized carbons (Fsp3) is 0.619. The summed E-state index contributed by atoms with van der Waals surface area (Å²) in [7, 11) is 0. The number of carboxylic acids is 1. The largest absolute Gasteiger partial charge is 0.481 e. The molecule has 0 bridgehead atoms. The average molecular weight is 395 g/mol. The number of hydrogen-bond acceptors (Lipinski definition) is 3. The molecule has 0 aromatic heterocycles. The van der Waals surface area contributed by atoms with E-state index in [1.807, 2.05) is 18.2 Å². The molecule has 1 aliphatic carbocycles. The summed E-state index contributed by atoms with van der Waals surface area (Å²) in [6, 6.07) is 10.7. The van der Waals surface area contributed by atoms with Crippen LogP contribution in [-0.2, 0) is 16.1 Å². The van der Waals surface area contributed by atoms with E-state index in [1.165, 1.54) is 5.56 Å². The van der Waals surface area contributed by atoms with Crippen molar-refractivity contribution in [2.75, 3.05) is 19.6 Å². The lowest BCUT2D eigenvalue weighted by Gasteiger charge is -2.34. The van der Waals surface area contributed by atoms with Gasteiger partial charge in [-0.1, -0.05) is 30.3 Å².